The smallest absolute Gasteiger partial charge is 0.252 e. The molecule has 0 saturated carbocycles. The minimum absolute atomic E-state index is 0.0460. The predicted octanol–water partition coefficient (Wildman–Crippen LogP) is 0.0601. The summed E-state index contributed by atoms with van der Waals surface area (Å²) in [5.41, 5.74) is 0.890. The zero-order valence-corrected chi connectivity index (χ0v) is 9.13. The fourth-order valence-corrected chi connectivity index (χ4v) is 1.83. The van der Waals surface area contributed by atoms with Crippen LogP contribution in [0.25, 0.3) is 0 Å². The van der Waals surface area contributed by atoms with Crippen LogP contribution in [-0.2, 0) is 20.9 Å². The van der Waals surface area contributed by atoms with E-state index in [-0.39, 0.29) is 24.8 Å². The predicted molar refractivity (Wildman–Crippen MR) is 59.6 cm³/mol. The van der Waals surface area contributed by atoms with E-state index in [9.17, 15) is 14.4 Å². The van der Waals surface area contributed by atoms with Gasteiger partial charge in [0.1, 0.15) is 6.04 Å². The van der Waals surface area contributed by atoms with Gasteiger partial charge >= 0.3 is 0 Å². The van der Waals surface area contributed by atoms with Crippen LogP contribution >= 0.6 is 0 Å². The number of nitrogens with one attached hydrogen (secondary N) is 1. The first-order valence-corrected chi connectivity index (χ1v) is 5.30. The summed E-state index contributed by atoms with van der Waals surface area (Å²) < 4.78 is 0. The molecule has 1 aliphatic heterocycles. The first-order chi connectivity index (χ1) is 8.22. The van der Waals surface area contributed by atoms with Gasteiger partial charge in [0.2, 0.25) is 12.3 Å². The van der Waals surface area contributed by atoms with E-state index in [2.05, 4.69) is 5.32 Å². The van der Waals surface area contributed by atoms with Crippen LogP contribution in [0.5, 0.6) is 0 Å². The topological polar surface area (TPSA) is 66.5 Å². The number of hydrogen-bond donors (Lipinski definition) is 1. The van der Waals surface area contributed by atoms with Crippen LogP contribution in [0.1, 0.15) is 12.0 Å². The maximum atomic E-state index is 11.8. The van der Waals surface area contributed by atoms with Gasteiger partial charge in [-0.25, -0.2) is 0 Å². The number of rotatable bonds is 4. The van der Waals surface area contributed by atoms with Crippen LogP contribution in [0.2, 0.25) is 0 Å². The number of carbonyl (C=O) groups is 3. The Morgan fingerprint density at radius 1 is 1.29 bits per heavy atom. The van der Waals surface area contributed by atoms with Gasteiger partial charge in [-0.2, -0.15) is 0 Å². The highest BCUT2D eigenvalue weighted by Crippen LogP contribution is 2.16. The average molecular weight is 232 g/mol. The maximum absolute atomic E-state index is 11.8. The number of nitrogens with zero attached hydrogens (tertiary/aromatic N) is 1. The van der Waals surface area contributed by atoms with Crippen LogP contribution in [-0.4, -0.2) is 29.2 Å². The van der Waals surface area contributed by atoms with Crippen molar-refractivity contribution in [2.24, 2.45) is 0 Å². The van der Waals surface area contributed by atoms with E-state index < -0.39 is 6.04 Å². The van der Waals surface area contributed by atoms with E-state index in [1.807, 2.05) is 30.3 Å². The molecule has 1 N–H and O–H groups in total. The van der Waals surface area contributed by atoms with E-state index >= 15 is 0 Å². The van der Waals surface area contributed by atoms with Gasteiger partial charge in [-0.05, 0) is 5.56 Å². The van der Waals surface area contributed by atoms with Gasteiger partial charge < -0.3 is 5.32 Å². The first kappa shape index (κ1) is 11.3. The maximum Gasteiger partial charge on any atom is 0.252 e. The number of carbonyl (C=O) groups excluding carboxylic acids is 3. The molecular formula is C12H12N2O3. The zero-order valence-electron chi connectivity index (χ0n) is 9.13. The lowest BCUT2D eigenvalue weighted by Gasteiger charge is -2.14. The molecule has 1 fully saturated rings. The van der Waals surface area contributed by atoms with Crippen molar-refractivity contribution in [2.45, 2.75) is 19.0 Å². The molecule has 88 valence electrons. The van der Waals surface area contributed by atoms with Crippen molar-refractivity contribution in [3.63, 3.8) is 0 Å². The van der Waals surface area contributed by atoms with E-state index in [0.717, 1.165) is 5.56 Å². The lowest BCUT2D eigenvalue weighted by Crippen LogP contribution is -2.37. The normalized spacial score (nSPS) is 19.5. The second kappa shape index (κ2) is 4.78. The second-order valence-electron chi connectivity index (χ2n) is 3.84. The Bertz CT molecular complexity index is 444. The molecule has 1 unspecified atom stereocenters. The Hall–Kier alpha value is -2.17. The number of benzene rings is 1. The van der Waals surface area contributed by atoms with Gasteiger partial charge in [0.05, 0.1) is 13.0 Å². The molecule has 2 rings (SSSR count). The van der Waals surface area contributed by atoms with E-state index in [1.165, 1.54) is 4.90 Å². The number of imide groups is 1. The molecule has 5 heteroatoms. The summed E-state index contributed by atoms with van der Waals surface area (Å²) in [5, 5.41) is 2.35. The minimum atomic E-state index is -0.705. The van der Waals surface area contributed by atoms with Crippen molar-refractivity contribution in [2.75, 3.05) is 0 Å². The second-order valence-corrected chi connectivity index (χ2v) is 3.84. The first-order valence-electron chi connectivity index (χ1n) is 5.30. The fourth-order valence-electron chi connectivity index (χ4n) is 1.83. The Balaban J connectivity index is 2.09. The monoisotopic (exact) mass is 232 g/mol. The Kier molecular flexibility index (Phi) is 3.18. The summed E-state index contributed by atoms with van der Waals surface area (Å²) >= 11 is 0. The average Bonchev–Trinajstić information content (AvgIpc) is 2.59. The van der Waals surface area contributed by atoms with E-state index in [0.29, 0.717) is 6.41 Å². The Morgan fingerprint density at radius 2 is 2.00 bits per heavy atom. The SMILES string of the molecule is O=CNC1CC(=O)N(Cc2ccccc2)C1=O. The van der Waals surface area contributed by atoms with Crippen molar-refractivity contribution < 1.29 is 14.4 Å². The number of amides is 3. The van der Waals surface area contributed by atoms with Crippen molar-refractivity contribution in [3.8, 4) is 0 Å². The Morgan fingerprint density at radius 3 is 2.65 bits per heavy atom. The van der Waals surface area contributed by atoms with Crippen LogP contribution in [0, 0.1) is 0 Å². The summed E-state index contributed by atoms with van der Waals surface area (Å²) in [7, 11) is 0. The molecule has 0 aliphatic carbocycles. The van der Waals surface area contributed by atoms with Crippen molar-refractivity contribution in [1.29, 1.82) is 0 Å². The lowest BCUT2D eigenvalue weighted by atomic mass is 10.2. The third-order valence-corrected chi connectivity index (χ3v) is 2.70. The van der Waals surface area contributed by atoms with Crippen molar-refractivity contribution in [1.82, 2.24) is 10.2 Å². The zero-order chi connectivity index (χ0) is 12.3. The molecule has 0 aromatic heterocycles. The minimum Gasteiger partial charge on any atom is -0.346 e. The molecule has 3 amide bonds. The van der Waals surface area contributed by atoms with Gasteiger partial charge in [-0.1, -0.05) is 30.3 Å². The molecular weight excluding hydrogens is 220 g/mol. The number of hydrogen-bond acceptors (Lipinski definition) is 3. The molecule has 0 radical (unpaired) electrons. The Labute approximate surface area is 98.4 Å². The molecule has 1 aliphatic rings. The molecule has 1 saturated heterocycles. The highest BCUT2D eigenvalue weighted by molar-refractivity contribution is 6.06. The molecule has 1 heterocycles. The molecule has 1 atom stereocenters. The molecule has 0 spiro atoms. The summed E-state index contributed by atoms with van der Waals surface area (Å²) in [6.07, 6.45) is 0.492. The van der Waals surface area contributed by atoms with Gasteiger partial charge in [0.25, 0.3) is 5.91 Å². The molecule has 1 aromatic carbocycles. The van der Waals surface area contributed by atoms with Gasteiger partial charge in [-0.15, -0.1) is 0 Å². The fraction of sp³-hybridized carbons (Fsp3) is 0.250. The summed E-state index contributed by atoms with van der Waals surface area (Å²) in [4.78, 5) is 34.9. The molecule has 0 bridgehead atoms. The summed E-state index contributed by atoms with van der Waals surface area (Å²) in [6.45, 7) is 0.259. The van der Waals surface area contributed by atoms with Crippen LogP contribution in [0.15, 0.2) is 30.3 Å². The molecule has 5 nitrogen and oxygen atoms in total. The van der Waals surface area contributed by atoms with Gasteiger partial charge in [-0.3, -0.25) is 19.3 Å². The molecule has 1 aromatic rings. The highest BCUT2D eigenvalue weighted by Gasteiger charge is 2.38. The molecule has 17 heavy (non-hydrogen) atoms. The van der Waals surface area contributed by atoms with E-state index in [1.54, 1.807) is 0 Å². The quantitative estimate of drug-likeness (QED) is 0.589. The van der Waals surface area contributed by atoms with Gasteiger partial charge in [0.15, 0.2) is 0 Å². The third-order valence-electron chi connectivity index (χ3n) is 2.70. The largest absolute Gasteiger partial charge is 0.346 e. The standard InChI is InChI=1S/C12H12N2O3/c15-8-13-10-6-11(16)14(12(10)17)7-9-4-2-1-3-5-9/h1-5,8,10H,6-7H2,(H,13,15). The number of likely N-dealkylation sites (tertiary alicyclic amines) is 1. The summed E-state index contributed by atoms with van der Waals surface area (Å²) in [5.74, 6) is -0.593. The van der Waals surface area contributed by atoms with E-state index in [4.69, 9.17) is 0 Å². The van der Waals surface area contributed by atoms with Crippen molar-refractivity contribution >= 4 is 18.2 Å². The van der Waals surface area contributed by atoms with Crippen LogP contribution in [0.4, 0.5) is 0 Å². The van der Waals surface area contributed by atoms with Gasteiger partial charge in [0, 0.05) is 0 Å². The summed E-state index contributed by atoms with van der Waals surface area (Å²) in [6, 6.07) is 8.56. The lowest BCUT2D eigenvalue weighted by molar-refractivity contribution is -0.139. The highest BCUT2D eigenvalue weighted by atomic mass is 16.2. The third kappa shape index (κ3) is 2.33. The van der Waals surface area contributed by atoms with Crippen LogP contribution < -0.4 is 5.32 Å². The van der Waals surface area contributed by atoms with Crippen molar-refractivity contribution in [3.05, 3.63) is 35.9 Å². The van der Waals surface area contributed by atoms with Crippen LogP contribution in [0.3, 0.4) is 0 Å².